The lowest BCUT2D eigenvalue weighted by Gasteiger charge is -2.42. The van der Waals surface area contributed by atoms with Crippen LogP contribution in [0.5, 0.6) is 28.7 Å². The minimum atomic E-state index is -0.820. The van der Waals surface area contributed by atoms with E-state index in [0.29, 0.717) is 41.4 Å². The first-order chi connectivity index (χ1) is 24.7. The Balaban J connectivity index is 1.32. The molecule has 7 rings (SSSR count). The normalized spacial score (nSPS) is 25.9. The number of hydrogen-bond acceptors (Lipinski definition) is 7. The van der Waals surface area contributed by atoms with Crippen LogP contribution in [0, 0.1) is 23.7 Å². The van der Waals surface area contributed by atoms with Crippen molar-refractivity contribution >= 4 is 0 Å². The average molecular weight is 697 g/mol. The zero-order valence-electron chi connectivity index (χ0n) is 30.7. The maximum atomic E-state index is 11.9. The molecule has 274 valence electrons. The van der Waals surface area contributed by atoms with E-state index in [1.165, 1.54) is 12.0 Å². The molecule has 1 aliphatic heterocycles. The van der Waals surface area contributed by atoms with Crippen molar-refractivity contribution in [3.63, 3.8) is 0 Å². The number of phenols is 2. The summed E-state index contributed by atoms with van der Waals surface area (Å²) in [5, 5.41) is 43.6. The Morgan fingerprint density at radius 3 is 2.47 bits per heavy atom. The molecule has 0 saturated heterocycles. The standard InChI is InChI=1S/C44H56O7/c1-5-26-18-28(12-11-27(26)15-16-45)33-19-30-21-37(47)31(17-25(2)3)20-34(30)43-41(49-4)24-39-35(42(33)43)23-38(48)44(51-39)29-13-14-36(46)40(22-29)50-32-9-7-6-8-10-32/h11-14,20-22,24-28,32-33,38,44-48H,5-10,15-19,23H2,1-4H3/t26-,27-,28+,33-,38+,44-/m0/s1. The highest BCUT2D eigenvalue weighted by molar-refractivity contribution is 5.83. The van der Waals surface area contributed by atoms with Crippen molar-refractivity contribution in [3.05, 3.63) is 76.4 Å². The van der Waals surface area contributed by atoms with Gasteiger partial charge < -0.3 is 34.6 Å². The van der Waals surface area contributed by atoms with Crippen LogP contribution in [0.1, 0.15) is 112 Å². The number of methoxy groups -OCH3 is 1. The molecule has 0 bridgehead atoms. The summed E-state index contributed by atoms with van der Waals surface area (Å²) in [6, 6.07) is 11.4. The first-order valence-electron chi connectivity index (χ1n) is 19.4. The van der Waals surface area contributed by atoms with Crippen molar-refractivity contribution in [2.24, 2.45) is 23.7 Å². The van der Waals surface area contributed by atoms with Crippen molar-refractivity contribution in [2.45, 2.75) is 116 Å². The lowest BCUT2D eigenvalue weighted by atomic mass is 9.65. The molecule has 1 saturated carbocycles. The molecule has 0 spiro atoms. The molecule has 3 aliphatic carbocycles. The van der Waals surface area contributed by atoms with Crippen LogP contribution in [0.15, 0.2) is 48.6 Å². The van der Waals surface area contributed by atoms with Crippen LogP contribution >= 0.6 is 0 Å². The Labute approximate surface area is 303 Å². The fourth-order valence-electron chi connectivity index (χ4n) is 9.52. The summed E-state index contributed by atoms with van der Waals surface area (Å²) in [5.41, 5.74) is 7.11. The predicted molar refractivity (Wildman–Crippen MR) is 200 cm³/mol. The molecule has 1 fully saturated rings. The van der Waals surface area contributed by atoms with Gasteiger partial charge in [0.2, 0.25) is 0 Å². The molecule has 51 heavy (non-hydrogen) atoms. The molecule has 7 heteroatoms. The van der Waals surface area contributed by atoms with E-state index in [9.17, 15) is 20.4 Å². The smallest absolute Gasteiger partial charge is 0.161 e. The molecule has 4 aliphatic rings. The number of allylic oxidation sites excluding steroid dienone is 2. The highest BCUT2D eigenvalue weighted by atomic mass is 16.5. The minimum absolute atomic E-state index is 0.0800. The molecule has 3 aromatic carbocycles. The number of hydrogen-bond donors (Lipinski definition) is 4. The second-order valence-corrected chi connectivity index (χ2v) is 15.9. The van der Waals surface area contributed by atoms with E-state index in [-0.39, 0.29) is 30.3 Å². The van der Waals surface area contributed by atoms with Crippen molar-refractivity contribution in [2.75, 3.05) is 13.7 Å². The molecule has 3 aromatic rings. The summed E-state index contributed by atoms with van der Waals surface area (Å²) in [6.45, 7) is 6.76. The third-order valence-corrected chi connectivity index (χ3v) is 12.1. The van der Waals surface area contributed by atoms with Crippen molar-refractivity contribution in [3.8, 4) is 39.9 Å². The third-order valence-electron chi connectivity index (χ3n) is 12.1. The number of benzene rings is 3. The molecule has 0 amide bonds. The van der Waals surface area contributed by atoms with E-state index in [4.69, 9.17) is 14.2 Å². The summed E-state index contributed by atoms with van der Waals surface area (Å²) in [6.07, 6.45) is 13.5. The summed E-state index contributed by atoms with van der Waals surface area (Å²) >= 11 is 0. The molecular weight excluding hydrogens is 640 g/mol. The van der Waals surface area contributed by atoms with Crippen LogP contribution in [-0.2, 0) is 19.3 Å². The highest BCUT2D eigenvalue weighted by Gasteiger charge is 2.41. The molecule has 7 nitrogen and oxygen atoms in total. The van der Waals surface area contributed by atoms with Gasteiger partial charge in [0, 0.05) is 30.2 Å². The van der Waals surface area contributed by atoms with E-state index in [2.05, 4.69) is 39.0 Å². The number of ether oxygens (including phenoxy) is 3. The predicted octanol–water partition coefficient (Wildman–Crippen LogP) is 8.96. The van der Waals surface area contributed by atoms with Crippen LogP contribution in [0.3, 0.4) is 0 Å². The van der Waals surface area contributed by atoms with Crippen molar-refractivity contribution in [1.82, 2.24) is 0 Å². The van der Waals surface area contributed by atoms with Gasteiger partial charge in [0.1, 0.15) is 23.4 Å². The average Bonchev–Trinajstić information content (AvgIpc) is 3.12. The Morgan fingerprint density at radius 1 is 0.941 bits per heavy atom. The topological polar surface area (TPSA) is 109 Å². The number of phenolic OH excluding ortho intramolecular Hbond substituents is 2. The van der Waals surface area contributed by atoms with E-state index in [1.807, 2.05) is 24.3 Å². The lowest BCUT2D eigenvalue weighted by molar-refractivity contribution is 0.0198. The molecule has 4 N–H and O–H groups in total. The maximum absolute atomic E-state index is 11.9. The van der Waals surface area contributed by atoms with Crippen molar-refractivity contribution < 1.29 is 34.6 Å². The van der Waals surface area contributed by atoms with E-state index >= 15 is 0 Å². The van der Waals surface area contributed by atoms with Gasteiger partial charge in [0.15, 0.2) is 11.5 Å². The molecular formula is C44H56O7. The van der Waals surface area contributed by atoms with Crippen molar-refractivity contribution in [1.29, 1.82) is 0 Å². The zero-order valence-corrected chi connectivity index (χ0v) is 30.7. The van der Waals surface area contributed by atoms with Crippen LogP contribution in [0.25, 0.3) is 11.1 Å². The van der Waals surface area contributed by atoms with Gasteiger partial charge >= 0.3 is 0 Å². The summed E-state index contributed by atoms with van der Waals surface area (Å²) < 4.78 is 19.3. The van der Waals surface area contributed by atoms with E-state index < -0.39 is 12.2 Å². The Kier molecular flexibility index (Phi) is 10.6. The van der Waals surface area contributed by atoms with Gasteiger partial charge in [-0.05, 0) is 133 Å². The third kappa shape index (κ3) is 7.09. The summed E-state index contributed by atoms with van der Waals surface area (Å²) in [4.78, 5) is 0. The largest absolute Gasteiger partial charge is 0.508 e. The molecule has 1 heterocycles. The van der Waals surface area contributed by atoms with Gasteiger partial charge in [-0.15, -0.1) is 0 Å². The quantitative estimate of drug-likeness (QED) is 0.157. The molecule has 6 atom stereocenters. The molecule has 0 unspecified atom stereocenters. The van der Waals surface area contributed by atoms with Gasteiger partial charge in [0.05, 0.1) is 19.3 Å². The molecule has 0 aromatic heterocycles. The Morgan fingerprint density at radius 2 is 1.75 bits per heavy atom. The first kappa shape index (κ1) is 35.7. The number of aliphatic hydroxyl groups is 2. The number of rotatable bonds is 10. The van der Waals surface area contributed by atoms with Crippen LogP contribution in [-0.4, -0.2) is 46.4 Å². The van der Waals surface area contributed by atoms with Gasteiger partial charge in [-0.2, -0.15) is 0 Å². The van der Waals surface area contributed by atoms with Gasteiger partial charge in [0.25, 0.3) is 0 Å². The first-order valence-corrected chi connectivity index (χ1v) is 19.4. The Bertz CT molecular complexity index is 1740. The second kappa shape index (κ2) is 15.1. The number of aliphatic hydroxyl groups excluding tert-OH is 2. The Hall–Kier alpha value is -3.68. The fraction of sp³-hybridized carbons (Fsp3) is 0.545. The number of aromatic hydroxyl groups is 2. The van der Waals surface area contributed by atoms with Gasteiger partial charge in [-0.1, -0.05) is 51.8 Å². The van der Waals surface area contributed by atoms with E-state index in [0.717, 1.165) is 96.9 Å². The van der Waals surface area contributed by atoms with Crippen LogP contribution < -0.4 is 14.2 Å². The highest BCUT2D eigenvalue weighted by Crippen LogP contribution is 2.56. The zero-order chi connectivity index (χ0) is 35.8. The number of fused-ring (bicyclic) bond motifs is 5. The molecule has 0 radical (unpaired) electrons. The van der Waals surface area contributed by atoms with E-state index in [1.54, 1.807) is 13.2 Å². The van der Waals surface area contributed by atoms with Gasteiger partial charge in [-0.25, -0.2) is 0 Å². The summed E-state index contributed by atoms with van der Waals surface area (Å²) in [7, 11) is 1.71. The maximum Gasteiger partial charge on any atom is 0.161 e. The second-order valence-electron chi connectivity index (χ2n) is 15.9. The monoisotopic (exact) mass is 696 g/mol. The minimum Gasteiger partial charge on any atom is -0.508 e. The SMILES string of the molecule is CC[C@H]1C[C@H]([C@@H]2Cc3cc(O)c(CC(C)C)cc3-c3c(OC)cc4c(c32)C[C@@H](O)[C@H](c2ccc(O)c(OC3CCCCC3)c2)O4)C=C[C@H]1CCO. The fourth-order valence-corrected chi connectivity index (χ4v) is 9.52. The van der Waals surface area contributed by atoms with Gasteiger partial charge in [-0.3, -0.25) is 0 Å². The van der Waals surface area contributed by atoms with Crippen LogP contribution in [0.4, 0.5) is 0 Å². The van der Waals surface area contributed by atoms with Crippen LogP contribution in [0.2, 0.25) is 0 Å². The lowest BCUT2D eigenvalue weighted by Crippen LogP contribution is -2.33. The summed E-state index contributed by atoms with van der Waals surface area (Å²) in [5.74, 6) is 3.85.